The van der Waals surface area contributed by atoms with Crippen LogP contribution in [-0.4, -0.2) is 5.90 Å². The van der Waals surface area contributed by atoms with Gasteiger partial charge in [0, 0.05) is 6.92 Å². The molecule has 1 N–H and O–H groups in total. The van der Waals surface area contributed by atoms with Crippen LogP contribution in [0.4, 0.5) is 0 Å². The molecule has 0 aromatic rings. The fraction of sp³-hybridized carbons (Fsp3) is 0.250. The Balaban J connectivity index is 2.58. The summed E-state index contributed by atoms with van der Waals surface area (Å²) in [6.45, 7) is 5.21. The summed E-state index contributed by atoms with van der Waals surface area (Å²) in [5, 5.41) is 3.66. The second kappa shape index (κ2) is 1.26. The number of hydrogen-bond acceptors (Lipinski definition) is 3. The lowest BCUT2D eigenvalue weighted by atomic mass is 10.8. The number of hydrazone groups is 1. The zero-order chi connectivity index (χ0) is 5.28. The third-order valence-corrected chi connectivity index (χ3v) is 0.609. The Labute approximate surface area is 41.7 Å². The second-order valence-corrected chi connectivity index (χ2v) is 1.27. The molecule has 0 radical (unpaired) electrons. The molecule has 38 valence electrons. The average molecular weight is 98.1 g/mol. The summed E-state index contributed by atoms with van der Waals surface area (Å²) in [6, 6.07) is 0. The second-order valence-electron chi connectivity index (χ2n) is 1.27. The first kappa shape index (κ1) is 4.18. The molecule has 3 heteroatoms. The lowest BCUT2D eigenvalue weighted by molar-refractivity contribution is 0.416. The molecular formula is C4H6N2O. The minimum absolute atomic E-state index is 0.498. The summed E-state index contributed by atoms with van der Waals surface area (Å²) in [4.78, 5) is 0. The van der Waals surface area contributed by atoms with E-state index in [2.05, 4.69) is 17.1 Å². The van der Waals surface area contributed by atoms with Gasteiger partial charge in [0.25, 0.3) is 0 Å². The van der Waals surface area contributed by atoms with Crippen LogP contribution < -0.4 is 5.43 Å². The summed E-state index contributed by atoms with van der Waals surface area (Å²) < 4.78 is 4.81. The van der Waals surface area contributed by atoms with Crippen molar-refractivity contribution in [3.63, 3.8) is 0 Å². The molecule has 0 amide bonds. The van der Waals surface area contributed by atoms with Gasteiger partial charge in [-0.2, -0.15) is 0 Å². The third-order valence-electron chi connectivity index (χ3n) is 0.609. The molecule has 0 saturated carbocycles. The topological polar surface area (TPSA) is 33.6 Å². The average Bonchev–Trinajstić information content (AvgIpc) is 1.87. The van der Waals surface area contributed by atoms with E-state index in [-0.39, 0.29) is 0 Å². The Bertz CT molecular complexity index is 128. The van der Waals surface area contributed by atoms with Crippen molar-refractivity contribution >= 4 is 5.90 Å². The molecule has 1 aliphatic heterocycles. The minimum Gasteiger partial charge on any atom is -0.425 e. The molecule has 1 rings (SSSR count). The van der Waals surface area contributed by atoms with Crippen molar-refractivity contribution in [2.75, 3.05) is 0 Å². The molecule has 7 heavy (non-hydrogen) atoms. The van der Waals surface area contributed by atoms with Gasteiger partial charge < -0.3 is 4.74 Å². The molecule has 0 atom stereocenters. The zero-order valence-corrected chi connectivity index (χ0v) is 4.06. The van der Waals surface area contributed by atoms with Crippen molar-refractivity contribution in [1.29, 1.82) is 0 Å². The molecule has 0 spiro atoms. The molecule has 3 nitrogen and oxygen atoms in total. The van der Waals surface area contributed by atoms with Gasteiger partial charge in [-0.05, 0) is 6.58 Å². The van der Waals surface area contributed by atoms with Crippen LogP contribution in [0.5, 0.6) is 0 Å². The van der Waals surface area contributed by atoms with Crippen molar-refractivity contribution in [2.24, 2.45) is 5.10 Å². The maximum atomic E-state index is 4.81. The van der Waals surface area contributed by atoms with E-state index in [4.69, 9.17) is 4.74 Å². The first-order valence-corrected chi connectivity index (χ1v) is 1.96. The Hall–Kier alpha value is -0.990. The van der Waals surface area contributed by atoms with E-state index < -0.39 is 0 Å². The van der Waals surface area contributed by atoms with Crippen LogP contribution in [-0.2, 0) is 4.74 Å². The molecular weight excluding hydrogens is 92.1 g/mol. The third kappa shape index (κ3) is 0.707. The molecule has 0 bridgehead atoms. The molecule has 0 aromatic heterocycles. The fourth-order valence-corrected chi connectivity index (χ4v) is 0.365. The fourth-order valence-electron chi connectivity index (χ4n) is 0.365. The highest BCUT2D eigenvalue weighted by atomic mass is 16.5. The summed E-state index contributed by atoms with van der Waals surface area (Å²) in [6.07, 6.45) is 0. The number of ether oxygens (including phenoxy) is 1. The van der Waals surface area contributed by atoms with Gasteiger partial charge in [-0.15, -0.1) is 5.10 Å². The van der Waals surface area contributed by atoms with Gasteiger partial charge in [-0.25, -0.2) is 5.43 Å². The summed E-state index contributed by atoms with van der Waals surface area (Å²) in [5.74, 6) is 1.11. The molecule has 0 unspecified atom stereocenters. The maximum absolute atomic E-state index is 4.81. The highest BCUT2D eigenvalue weighted by Crippen LogP contribution is 1.96. The van der Waals surface area contributed by atoms with E-state index in [0.29, 0.717) is 11.8 Å². The summed E-state index contributed by atoms with van der Waals surface area (Å²) in [7, 11) is 0. The van der Waals surface area contributed by atoms with Crippen molar-refractivity contribution in [1.82, 2.24) is 5.43 Å². The van der Waals surface area contributed by atoms with Gasteiger partial charge >= 0.3 is 0 Å². The summed E-state index contributed by atoms with van der Waals surface area (Å²) in [5.41, 5.74) is 2.54. The highest BCUT2D eigenvalue weighted by molar-refractivity contribution is 5.75. The van der Waals surface area contributed by atoms with Crippen LogP contribution >= 0.6 is 0 Å². The monoisotopic (exact) mass is 98.0 g/mol. The predicted octanol–water partition coefficient (Wildman–Crippen LogP) is 0.411. The van der Waals surface area contributed by atoms with Gasteiger partial charge in [-0.3, -0.25) is 0 Å². The number of hydrogen-bond donors (Lipinski definition) is 1. The SMILES string of the molecule is C=C1NN=C(C)O1. The van der Waals surface area contributed by atoms with E-state index >= 15 is 0 Å². The van der Waals surface area contributed by atoms with E-state index in [1.165, 1.54) is 0 Å². The largest absolute Gasteiger partial charge is 0.425 e. The Morgan fingerprint density at radius 1 is 1.86 bits per heavy atom. The lowest BCUT2D eigenvalue weighted by Crippen LogP contribution is -1.95. The van der Waals surface area contributed by atoms with Crippen molar-refractivity contribution in [2.45, 2.75) is 6.92 Å². The van der Waals surface area contributed by atoms with Gasteiger partial charge in [0.05, 0.1) is 0 Å². The maximum Gasteiger partial charge on any atom is 0.211 e. The minimum atomic E-state index is 0.498. The van der Waals surface area contributed by atoms with Crippen LogP contribution in [0, 0.1) is 0 Å². The number of nitrogens with one attached hydrogen (secondary N) is 1. The Morgan fingerprint density at radius 2 is 2.57 bits per heavy atom. The van der Waals surface area contributed by atoms with Crippen LogP contribution in [0.25, 0.3) is 0 Å². The van der Waals surface area contributed by atoms with Crippen LogP contribution in [0.3, 0.4) is 0 Å². The van der Waals surface area contributed by atoms with Crippen LogP contribution in [0.15, 0.2) is 17.6 Å². The van der Waals surface area contributed by atoms with Crippen molar-refractivity contribution < 1.29 is 4.74 Å². The quantitative estimate of drug-likeness (QED) is 0.476. The molecule has 0 aliphatic carbocycles. The molecule has 1 heterocycles. The smallest absolute Gasteiger partial charge is 0.211 e. The van der Waals surface area contributed by atoms with Crippen LogP contribution in [0.2, 0.25) is 0 Å². The van der Waals surface area contributed by atoms with Gasteiger partial charge in [0.1, 0.15) is 0 Å². The van der Waals surface area contributed by atoms with E-state index in [1.54, 1.807) is 6.92 Å². The first-order chi connectivity index (χ1) is 3.29. The van der Waals surface area contributed by atoms with Crippen molar-refractivity contribution in [3.8, 4) is 0 Å². The van der Waals surface area contributed by atoms with Crippen molar-refractivity contribution in [3.05, 3.63) is 12.5 Å². The van der Waals surface area contributed by atoms with Gasteiger partial charge in [-0.1, -0.05) is 0 Å². The Morgan fingerprint density at radius 3 is 2.71 bits per heavy atom. The lowest BCUT2D eigenvalue weighted by Gasteiger charge is -1.89. The molecule has 0 aromatic carbocycles. The Kier molecular flexibility index (Phi) is 0.749. The number of rotatable bonds is 0. The predicted molar refractivity (Wildman–Crippen MR) is 26.5 cm³/mol. The molecule has 1 aliphatic rings. The summed E-state index contributed by atoms with van der Waals surface area (Å²) >= 11 is 0. The normalized spacial score (nSPS) is 17.9. The van der Waals surface area contributed by atoms with E-state index in [9.17, 15) is 0 Å². The van der Waals surface area contributed by atoms with Gasteiger partial charge in [0.15, 0.2) is 0 Å². The molecule has 0 fully saturated rings. The van der Waals surface area contributed by atoms with E-state index in [1.807, 2.05) is 0 Å². The zero-order valence-electron chi connectivity index (χ0n) is 4.06. The van der Waals surface area contributed by atoms with Gasteiger partial charge in [0.2, 0.25) is 11.8 Å². The highest BCUT2D eigenvalue weighted by Gasteiger charge is 2.01. The number of nitrogens with zero attached hydrogens (tertiary/aromatic N) is 1. The molecule has 0 saturated heterocycles. The van der Waals surface area contributed by atoms with Crippen LogP contribution in [0.1, 0.15) is 6.92 Å². The standard InChI is InChI=1S/C4H6N2O/c1-3-5-6-4(2)7-3/h5H,1H2,2H3. The van der Waals surface area contributed by atoms with E-state index in [0.717, 1.165) is 0 Å². The first-order valence-electron chi connectivity index (χ1n) is 1.96.